The van der Waals surface area contributed by atoms with Crippen LogP contribution in [0.2, 0.25) is 0 Å². The molecular formula is C14H20ClN3O. The zero-order chi connectivity index (χ0) is 12.5. The minimum Gasteiger partial charge on any atom is -0.399 e. The SMILES string of the molecule is Cl.Nc1cccc(CN2CCN(C3CC3)C(=O)C2)c1. The Morgan fingerprint density at radius 3 is 2.68 bits per heavy atom. The minimum atomic E-state index is 0. The van der Waals surface area contributed by atoms with Crippen molar-refractivity contribution in [2.24, 2.45) is 0 Å². The number of nitrogen functional groups attached to an aromatic ring is 1. The van der Waals surface area contributed by atoms with Gasteiger partial charge in [0.15, 0.2) is 0 Å². The quantitative estimate of drug-likeness (QED) is 0.854. The van der Waals surface area contributed by atoms with Gasteiger partial charge in [0.2, 0.25) is 5.91 Å². The number of piperazine rings is 1. The molecule has 0 bridgehead atoms. The largest absolute Gasteiger partial charge is 0.399 e. The molecule has 5 heteroatoms. The zero-order valence-corrected chi connectivity index (χ0v) is 11.7. The first-order valence-electron chi connectivity index (χ1n) is 6.58. The van der Waals surface area contributed by atoms with E-state index < -0.39 is 0 Å². The average molecular weight is 282 g/mol. The molecule has 1 aromatic carbocycles. The summed E-state index contributed by atoms with van der Waals surface area (Å²) >= 11 is 0. The lowest BCUT2D eigenvalue weighted by Crippen LogP contribution is -2.50. The predicted octanol–water partition coefficient (Wildman–Crippen LogP) is 1.50. The van der Waals surface area contributed by atoms with Crippen LogP contribution in [0.15, 0.2) is 24.3 Å². The van der Waals surface area contributed by atoms with E-state index in [-0.39, 0.29) is 18.3 Å². The average Bonchev–Trinajstić information content (AvgIpc) is 3.13. The van der Waals surface area contributed by atoms with Crippen molar-refractivity contribution in [1.29, 1.82) is 0 Å². The molecular weight excluding hydrogens is 262 g/mol. The van der Waals surface area contributed by atoms with E-state index in [1.807, 2.05) is 18.2 Å². The lowest BCUT2D eigenvalue weighted by Gasteiger charge is -2.34. The van der Waals surface area contributed by atoms with Crippen LogP contribution in [0.1, 0.15) is 18.4 Å². The number of amides is 1. The maximum absolute atomic E-state index is 12.0. The van der Waals surface area contributed by atoms with Crippen molar-refractivity contribution in [3.8, 4) is 0 Å². The molecule has 4 nitrogen and oxygen atoms in total. The normalized spacial score (nSPS) is 20.2. The molecule has 2 fully saturated rings. The van der Waals surface area contributed by atoms with E-state index in [9.17, 15) is 4.79 Å². The number of halogens is 1. The maximum atomic E-state index is 12.0. The number of carbonyl (C=O) groups excluding carboxylic acids is 1. The van der Waals surface area contributed by atoms with E-state index in [1.165, 1.54) is 18.4 Å². The van der Waals surface area contributed by atoms with E-state index in [1.54, 1.807) is 0 Å². The van der Waals surface area contributed by atoms with E-state index >= 15 is 0 Å². The van der Waals surface area contributed by atoms with Gasteiger partial charge >= 0.3 is 0 Å². The summed E-state index contributed by atoms with van der Waals surface area (Å²) in [6, 6.07) is 8.45. The van der Waals surface area contributed by atoms with E-state index in [0.29, 0.717) is 12.6 Å². The van der Waals surface area contributed by atoms with Crippen molar-refractivity contribution in [3.05, 3.63) is 29.8 Å². The topological polar surface area (TPSA) is 49.6 Å². The number of hydrogen-bond donors (Lipinski definition) is 1. The van der Waals surface area contributed by atoms with Crippen LogP contribution in [-0.4, -0.2) is 41.4 Å². The van der Waals surface area contributed by atoms with Gasteiger partial charge in [-0.15, -0.1) is 12.4 Å². The highest BCUT2D eigenvalue weighted by molar-refractivity contribution is 5.85. The van der Waals surface area contributed by atoms with Gasteiger partial charge in [-0.3, -0.25) is 9.69 Å². The molecule has 1 aliphatic carbocycles. The van der Waals surface area contributed by atoms with Crippen molar-refractivity contribution < 1.29 is 4.79 Å². The number of benzene rings is 1. The van der Waals surface area contributed by atoms with Gasteiger partial charge in [-0.1, -0.05) is 12.1 Å². The Balaban J connectivity index is 0.00000133. The Morgan fingerprint density at radius 2 is 2.05 bits per heavy atom. The molecule has 1 heterocycles. The second-order valence-corrected chi connectivity index (χ2v) is 5.27. The molecule has 0 aromatic heterocycles. The molecule has 2 N–H and O–H groups in total. The number of rotatable bonds is 3. The molecule has 104 valence electrons. The van der Waals surface area contributed by atoms with Crippen LogP contribution in [0.5, 0.6) is 0 Å². The molecule has 1 saturated carbocycles. The Morgan fingerprint density at radius 1 is 1.26 bits per heavy atom. The summed E-state index contributed by atoms with van der Waals surface area (Å²) in [6.07, 6.45) is 2.39. The molecule has 0 unspecified atom stereocenters. The predicted molar refractivity (Wildman–Crippen MR) is 78.1 cm³/mol. The third-order valence-electron chi connectivity index (χ3n) is 3.68. The van der Waals surface area contributed by atoms with Gasteiger partial charge in [-0.05, 0) is 30.5 Å². The minimum absolute atomic E-state index is 0. The van der Waals surface area contributed by atoms with Gasteiger partial charge in [0.05, 0.1) is 6.54 Å². The second-order valence-electron chi connectivity index (χ2n) is 5.27. The van der Waals surface area contributed by atoms with E-state index in [4.69, 9.17) is 5.73 Å². The van der Waals surface area contributed by atoms with Gasteiger partial charge in [0, 0.05) is 31.4 Å². The summed E-state index contributed by atoms with van der Waals surface area (Å²) < 4.78 is 0. The Hall–Kier alpha value is -1.26. The summed E-state index contributed by atoms with van der Waals surface area (Å²) in [4.78, 5) is 16.3. The Kier molecular flexibility index (Phi) is 4.32. The van der Waals surface area contributed by atoms with Crippen LogP contribution in [0.4, 0.5) is 5.69 Å². The molecule has 2 aliphatic rings. The Labute approximate surface area is 120 Å². The maximum Gasteiger partial charge on any atom is 0.237 e. The summed E-state index contributed by atoms with van der Waals surface area (Å²) in [5.74, 6) is 0.285. The van der Waals surface area contributed by atoms with Gasteiger partial charge < -0.3 is 10.6 Å². The van der Waals surface area contributed by atoms with E-state index in [2.05, 4.69) is 15.9 Å². The van der Waals surface area contributed by atoms with Crippen LogP contribution in [0.3, 0.4) is 0 Å². The van der Waals surface area contributed by atoms with Crippen molar-refractivity contribution in [2.45, 2.75) is 25.4 Å². The van der Waals surface area contributed by atoms with Gasteiger partial charge in [-0.2, -0.15) is 0 Å². The zero-order valence-electron chi connectivity index (χ0n) is 10.9. The molecule has 0 radical (unpaired) electrons. The van der Waals surface area contributed by atoms with E-state index in [0.717, 1.165) is 25.3 Å². The van der Waals surface area contributed by atoms with Crippen molar-refractivity contribution in [1.82, 2.24) is 9.80 Å². The third-order valence-corrected chi connectivity index (χ3v) is 3.68. The number of nitrogens with two attached hydrogens (primary N) is 1. The molecule has 1 aromatic rings. The second kappa shape index (κ2) is 5.80. The molecule has 0 spiro atoms. The molecule has 0 atom stereocenters. The fraction of sp³-hybridized carbons (Fsp3) is 0.500. The number of anilines is 1. The van der Waals surface area contributed by atoms with Crippen molar-refractivity contribution in [2.75, 3.05) is 25.4 Å². The van der Waals surface area contributed by atoms with Crippen LogP contribution in [0, 0.1) is 0 Å². The number of carbonyl (C=O) groups is 1. The van der Waals surface area contributed by atoms with Gasteiger partial charge in [0.1, 0.15) is 0 Å². The van der Waals surface area contributed by atoms with Crippen LogP contribution in [0.25, 0.3) is 0 Å². The van der Waals surface area contributed by atoms with Crippen LogP contribution >= 0.6 is 12.4 Å². The molecule has 3 rings (SSSR count). The van der Waals surface area contributed by atoms with Gasteiger partial charge in [-0.25, -0.2) is 0 Å². The fourth-order valence-electron chi connectivity index (χ4n) is 2.59. The van der Waals surface area contributed by atoms with Crippen LogP contribution in [-0.2, 0) is 11.3 Å². The highest BCUT2D eigenvalue weighted by Crippen LogP contribution is 2.28. The molecule has 1 amide bonds. The Bertz CT molecular complexity index is 462. The van der Waals surface area contributed by atoms with Gasteiger partial charge in [0.25, 0.3) is 0 Å². The number of nitrogens with zero attached hydrogens (tertiary/aromatic N) is 2. The molecule has 1 aliphatic heterocycles. The first-order valence-corrected chi connectivity index (χ1v) is 6.58. The fourth-order valence-corrected chi connectivity index (χ4v) is 2.59. The summed E-state index contributed by atoms with van der Waals surface area (Å²) in [7, 11) is 0. The summed E-state index contributed by atoms with van der Waals surface area (Å²) in [5, 5.41) is 0. The lowest BCUT2D eigenvalue weighted by atomic mass is 10.1. The standard InChI is InChI=1S/C14H19N3O.ClH/c15-12-3-1-2-11(8-12)9-16-6-7-17(13-4-5-13)14(18)10-16;/h1-3,8,13H,4-7,9-10,15H2;1H. The van der Waals surface area contributed by atoms with Crippen molar-refractivity contribution in [3.63, 3.8) is 0 Å². The highest BCUT2D eigenvalue weighted by atomic mass is 35.5. The lowest BCUT2D eigenvalue weighted by molar-refractivity contribution is -0.136. The highest BCUT2D eigenvalue weighted by Gasteiger charge is 2.35. The monoisotopic (exact) mass is 281 g/mol. The molecule has 19 heavy (non-hydrogen) atoms. The molecule has 1 saturated heterocycles. The summed E-state index contributed by atoms with van der Waals surface area (Å²) in [5.41, 5.74) is 7.74. The van der Waals surface area contributed by atoms with Crippen molar-refractivity contribution >= 4 is 24.0 Å². The first kappa shape index (κ1) is 14.2. The smallest absolute Gasteiger partial charge is 0.237 e. The number of hydrogen-bond acceptors (Lipinski definition) is 3. The first-order chi connectivity index (χ1) is 8.72. The van der Waals surface area contributed by atoms with Crippen LogP contribution < -0.4 is 5.73 Å². The summed E-state index contributed by atoms with van der Waals surface area (Å²) in [6.45, 7) is 3.21. The third kappa shape index (κ3) is 3.39.